The summed E-state index contributed by atoms with van der Waals surface area (Å²) in [5, 5.41) is 10.3. The Morgan fingerprint density at radius 2 is 1.67 bits per heavy atom. The number of nitrogens with zero attached hydrogens (tertiary/aromatic N) is 2. The lowest BCUT2D eigenvalue weighted by molar-refractivity contribution is -0.140. The average Bonchev–Trinajstić information content (AvgIpc) is 3.34. The number of hydrogen-bond donors (Lipinski definition) is 1. The zero-order chi connectivity index (χ0) is 35.0. The van der Waals surface area contributed by atoms with Crippen molar-refractivity contribution in [3.05, 3.63) is 57.7 Å². The second kappa shape index (κ2) is 12.4. The first-order valence-corrected chi connectivity index (χ1v) is 20.8. The summed E-state index contributed by atoms with van der Waals surface area (Å²) >= 11 is 0. The van der Waals surface area contributed by atoms with Crippen LogP contribution in [-0.2, 0) is 35.2 Å². The minimum Gasteiger partial charge on any atom is -0.481 e. The Morgan fingerprint density at radius 1 is 1.00 bits per heavy atom. The number of carboxylic acids is 1. The zero-order valence-corrected chi connectivity index (χ0v) is 30.3. The van der Waals surface area contributed by atoms with Crippen LogP contribution in [0.5, 0.6) is 0 Å². The Labute approximate surface area is 287 Å². The van der Waals surface area contributed by atoms with Crippen LogP contribution in [0.2, 0.25) is 18.1 Å². The molecule has 2 saturated heterocycles. The van der Waals surface area contributed by atoms with E-state index in [4.69, 9.17) is 23.6 Å². The summed E-state index contributed by atoms with van der Waals surface area (Å²) in [5.74, 6) is -1.10. The van der Waals surface area contributed by atoms with Crippen molar-refractivity contribution in [1.29, 1.82) is 0 Å². The van der Waals surface area contributed by atoms with Gasteiger partial charge in [-0.1, -0.05) is 27.2 Å². The Balaban J connectivity index is 1.52. The maximum absolute atomic E-state index is 13.6. The van der Waals surface area contributed by atoms with Gasteiger partial charge < -0.3 is 23.7 Å². The van der Waals surface area contributed by atoms with Crippen LogP contribution in [-0.4, -0.2) is 55.8 Å². The molecule has 49 heavy (non-hydrogen) atoms. The summed E-state index contributed by atoms with van der Waals surface area (Å²) in [6.45, 7) is 13.2. The van der Waals surface area contributed by atoms with Crippen LogP contribution in [0.25, 0.3) is 0 Å². The van der Waals surface area contributed by atoms with Crippen LogP contribution in [0, 0.1) is 5.41 Å². The molecule has 1 saturated carbocycles. The molecule has 2 aliphatic carbocycles. The standard InChI is InChI=1S/C37H49F3N2O6Si/c1-34(2,3)49(4,5)48-26-20-35(11-6-12-35)24(19-27(43)44)32-28(26)30-29(31(42-32)22-9-15-45-16-10-22)33(47-36(30)13-17-46-18-14-36)25-8-7-23(21-41-25)37(38,39)40/h7-8,21-22,24,26,33H,6,9-20H2,1-5H3,(H,43,44)/t24-,26-,33+/m0/s1. The average molecular weight is 703 g/mol. The number of alkyl halides is 3. The van der Waals surface area contributed by atoms with Crippen LogP contribution < -0.4 is 0 Å². The summed E-state index contributed by atoms with van der Waals surface area (Å²) in [7, 11) is -2.36. The first kappa shape index (κ1) is 35.0. The third-order valence-electron chi connectivity index (χ3n) is 12.6. The van der Waals surface area contributed by atoms with Gasteiger partial charge in [-0.2, -0.15) is 13.2 Å². The molecule has 0 bridgehead atoms. The van der Waals surface area contributed by atoms with E-state index in [1.165, 1.54) is 6.07 Å². The topological polar surface area (TPSA) is 100 Å². The number of hydrogen-bond acceptors (Lipinski definition) is 7. The van der Waals surface area contributed by atoms with Gasteiger partial charge in [0.25, 0.3) is 0 Å². The molecular weight excluding hydrogens is 653 g/mol. The van der Waals surface area contributed by atoms with Gasteiger partial charge in [0.15, 0.2) is 8.32 Å². The van der Waals surface area contributed by atoms with E-state index in [-0.39, 0.29) is 34.8 Å². The van der Waals surface area contributed by atoms with E-state index in [1.807, 2.05) is 0 Å². The van der Waals surface area contributed by atoms with Gasteiger partial charge in [0, 0.05) is 68.4 Å². The fourth-order valence-corrected chi connectivity index (χ4v) is 10.1. The molecule has 5 heterocycles. The molecule has 3 aliphatic heterocycles. The van der Waals surface area contributed by atoms with E-state index in [9.17, 15) is 23.1 Å². The predicted molar refractivity (Wildman–Crippen MR) is 178 cm³/mol. The summed E-state index contributed by atoms with van der Waals surface area (Å²) in [6.07, 6.45) is 1.52. The van der Waals surface area contributed by atoms with Crippen molar-refractivity contribution in [2.75, 3.05) is 26.4 Å². The number of aromatic nitrogens is 2. The molecule has 3 atom stereocenters. The maximum atomic E-state index is 13.6. The summed E-state index contributed by atoms with van der Waals surface area (Å²) in [4.78, 5) is 22.6. The molecule has 0 amide bonds. The smallest absolute Gasteiger partial charge is 0.417 e. The molecular formula is C37H49F3N2O6Si. The molecule has 2 aromatic rings. The number of halogens is 3. The van der Waals surface area contributed by atoms with E-state index in [0.717, 1.165) is 72.4 Å². The summed E-state index contributed by atoms with van der Waals surface area (Å²) in [5.41, 5.74) is 3.08. The monoisotopic (exact) mass is 702 g/mol. The van der Waals surface area contributed by atoms with E-state index in [2.05, 4.69) is 38.8 Å². The second-order valence-electron chi connectivity index (χ2n) is 16.5. The lowest BCUT2D eigenvalue weighted by Gasteiger charge is -2.55. The van der Waals surface area contributed by atoms with Crippen LogP contribution in [0.15, 0.2) is 18.3 Å². The van der Waals surface area contributed by atoms with Crippen LogP contribution in [0.1, 0.15) is 142 Å². The van der Waals surface area contributed by atoms with Crippen LogP contribution >= 0.6 is 0 Å². The molecule has 12 heteroatoms. The van der Waals surface area contributed by atoms with E-state index in [0.29, 0.717) is 51.4 Å². The number of aliphatic carboxylic acids is 1. The fourth-order valence-electron chi connectivity index (χ4n) is 8.84. The van der Waals surface area contributed by atoms with Crippen molar-refractivity contribution in [2.24, 2.45) is 5.41 Å². The van der Waals surface area contributed by atoms with Crippen molar-refractivity contribution in [3.8, 4) is 0 Å². The molecule has 2 spiro atoms. The van der Waals surface area contributed by atoms with Crippen molar-refractivity contribution < 1.29 is 41.7 Å². The van der Waals surface area contributed by atoms with Crippen molar-refractivity contribution in [2.45, 2.75) is 133 Å². The first-order chi connectivity index (χ1) is 23.1. The van der Waals surface area contributed by atoms with Gasteiger partial charge in [0.2, 0.25) is 0 Å². The number of ether oxygens (including phenoxy) is 3. The van der Waals surface area contributed by atoms with Crippen molar-refractivity contribution in [1.82, 2.24) is 9.97 Å². The largest absolute Gasteiger partial charge is 0.481 e. The minimum absolute atomic E-state index is 0.0142. The fraction of sp³-hybridized carbons (Fsp3) is 0.703. The zero-order valence-electron chi connectivity index (χ0n) is 29.3. The van der Waals surface area contributed by atoms with Gasteiger partial charge in [0.05, 0.1) is 40.8 Å². The lowest BCUT2D eigenvalue weighted by Crippen LogP contribution is -2.48. The molecule has 0 radical (unpaired) electrons. The van der Waals surface area contributed by atoms with Gasteiger partial charge in [-0.05, 0) is 73.3 Å². The highest BCUT2D eigenvalue weighted by Crippen LogP contribution is 2.66. The van der Waals surface area contributed by atoms with Crippen LogP contribution in [0.3, 0.4) is 0 Å². The molecule has 7 rings (SSSR count). The highest BCUT2D eigenvalue weighted by Gasteiger charge is 2.59. The predicted octanol–water partition coefficient (Wildman–Crippen LogP) is 8.71. The number of carboxylic acid groups (broad SMARTS) is 1. The Hall–Kier alpha value is -2.38. The molecule has 268 valence electrons. The van der Waals surface area contributed by atoms with Crippen LogP contribution in [0.4, 0.5) is 13.2 Å². The Morgan fingerprint density at radius 3 is 2.22 bits per heavy atom. The second-order valence-corrected chi connectivity index (χ2v) is 21.2. The lowest BCUT2D eigenvalue weighted by atomic mass is 9.53. The minimum atomic E-state index is -4.51. The number of pyridine rings is 2. The molecule has 3 fully saturated rings. The van der Waals surface area contributed by atoms with Gasteiger partial charge >= 0.3 is 12.1 Å². The molecule has 1 N–H and O–H groups in total. The SMILES string of the molecule is CC(C)(C)[Si](C)(C)O[C@H]1CC2(CCC2)[C@@H](CC(=O)O)c2nc(C3CCOCC3)c3c(c21)C1(CCOCC1)O[C@@H]3c1ccc(C(F)(F)F)cn1. The summed E-state index contributed by atoms with van der Waals surface area (Å²) in [6, 6.07) is 2.51. The maximum Gasteiger partial charge on any atom is 0.417 e. The number of fused-ring (bicyclic) bond motifs is 4. The summed E-state index contributed by atoms with van der Waals surface area (Å²) < 4.78 is 67.2. The third kappa shape index (κ3) is 6.07. The molecule has 8 nitrogen and oxygen atoms in total. The normalized spacial score (nSPS) is 26.7. The van der Waals surface area contributed by atoms with E-state index < -0.39 is 37.7 Å². The molecule has 5 aliphatic rings. The Bertz CT molecular complexity index is 1570. The first-order valence-electron chi connectivity index (χ1n) is 17.9. The third-order valence-corrected chi connectivity index (χ3v) is 17.1. The Kier molecular flexibility index (Phi) is 8.86. The van der Waals surface area contributed by atoms with E-state index >= 15 is 0 Å². The van der Waals surface area contributed by atoms with Crippen molar-refractivity contribution in [3.63, 3.8) is 0 Å². The molecule has 0 aromatic carbocycles. The highest BCUT2D eigenvalue weighted by atomic mass is 28.4. The molecule has 2 aromatic heterocycles. The van der Waals surface area contributed by atoms with Gasteiger partial charge in [0.1, 0.15) is 6.10 Å². The van der Waals surface area contributed by atoms with Crippen molar-refractivity contribution >= 4 is 14.3 Å². The van der Waals surface area contributed by atoms with Gasteiger partial charge in [-0.3, -0.25) is 14.8 Å². The van der Waals surface area contributed by atoms with Gasteiger partial charge in [-0.15, -0.1) is 0 Å². The molecule has 0 unspecified atom stereocenters. The van der Waals surface area contributed by atoms with E-state index in [1.54, 1.807) is 0 Å². The van der Waals surface area contributed by atoms with Gasteiger partial charge in [-0.25, -0.2) is 0 Å². The quantitative estimate of drug-likeness (QED) is 0.299. The highest BCUT2D eigenvalue weighted by molar-refractivity contribution is 6.74. The number of carbonyl (C=O) groups is 1. The number of rotatable bonds is 6.